The highest BCUT2D eigenvalue weighted by atomic mass is 79.9. The third-order valence-corrected chi connectivity index (χ3v) is 4.47. The first-order valence-electron chi connectivity index (χ1n) is 5.76. The summed E-state index contributed by atoms with van der Waals surface area (Å²) < 4.78 is 1.73. The lowest BCUT2D eigenvalue weighted by Crippen LogP contribution is -2.04. The van der Waals surface area contributed by atoms with Crippen LogP contribution in [-0.4, -0.2) is 0 Å². The van der Waals surface area contributed by atoms with Crippen LogP contribution in [0.1, 0.15) is 43.6 Å². The Morgan fingerprint density at radius 1 is 1.12 bits per heavy atom. The van der Waals surface area contributed by atoms with Crippen LogP contribution in [0.5, 0.6) is 0 Å². The van der Waals surface area contributed by atoms with Crippen LogP contribution in [-0.2, 0) is 0 Å². The number of rotatable bonds is 2. The van der Waals surface area contributed by atoms with Crippen molar-refractivity contribution in [1.82, 2.24) is 0 Å². The first kappa shape index (κ1) is 12.9. The number of hydrogen-bond donors (Lipinski definition) is 0. The van der Waals surface area contributed by atoms with Gasteiger partial charge in [-0.15, -0.1) is 0 Å². The van der Waals surface area contributed by atoms with Gasteiger partial charge in [-0.05, 0) is 42.0 Å². The zero-order valence-corrected chi connectivity index (χ0v) is 12.5. The molecule has 0 heterocycles. The van der Waals surface area contributed by atoms with Crippen molar-refractivity contribution in [3.63, 3.8) is 0 Å². The fraction of sp³-hybridized carbons (Fsp3) is 0.500. The van der Waals surface area contributed by atoms with Gasteiger partial charge in [-0.3, -0.25) is 0 Å². The molecule has 1 aliphatic carbocycles. The molecular weight excluding hydrogens is 346 g/mol. The van der Waals surface area contributed by atoms with Gasteiger partial charge in [0.25, 0.3) is 0 Å². The second-order valence-electron chi connectivity index (χ2n) is 4.36. The van der Waals surface area contributed by atoms with E-state index in [1.165, 1.54) is 37.7 Å². The smallest absolute Gasteiger partial charge is 0.0584 e. The molecule has 2 rings (SSSR count). The monoisotopic (exact) mass is 357 g/mol. The largest absolute Gasteiger partial charge is 0.0659 e. The van der Waals surface area contributed by atoms with E-state index in [1.807, 2.05) is 0 Å². The average Bonchev–Trinajstić information content (AvgIpc) is 2.35. The maximum Gasteiger partial charge on any atom is 0.0659 e. The molecule has 0 unspecified atom stereocenters. The van der Waals surface area contributed by atoms with E-state index in [0.717, 1.165) is 8.95 Å². The van der Waals surface area contributed by atoms with Crippen LogP contribution in [0.3, 0.4) is 0 Å². The minimum Gasteiger partial charge on any atom is -0.0584 e. The lowest BCUT2D eigenvalue weighted by Gasteiger charge is -2.22. The number of nitrogens with zero attached hydrogens (tertiary/aromatic N) is 3. The summed E-state index contributed by atoms with van der Waals surface area (Å²) in [5.41, 5.74) is 10.5. The van der Waals surface area contributed by atoms with E-state index in [4.69, 9.17) is 5.53 Å². The predicted molar refractivity (Wildman–Crippen MR) is 76.5 cm³/mol. The van der Waals surface area contributed by atoms with Crippen molar-refractivity contribution in [2.45, 2.75) is 38.0 Å². The van der Waals surface area contributed by atoms with Crippen molar-refractivity contribution < 1.29 is 0 Å². The zero-order valence-electron chi connectivity index (χ0n) is 9.37. The topological polar surface area (TPSA) is 48.8 Å². The quantitative estimate of drug-likeness (QED) is 0.343. The zero-order chi connectivity index (χ0) is 12.3. The van der Waals surface area contributed by atoms with Gasteiger partial charge >= 0.3 is 0 Å². The van der Waals surface area contributed by atoms with Gasteiger partial charge in [0.05, 0.1) is 5.69 Å². The SMILES string of the molecule is [N-]=[N+]=Nc1c(Br)cc(C2CCCCC2)cc1Br. The minimum absolute atomic E-state index is 0.632. The summed E-state index contributed by atoms with van der Waals surface area (Å²) in [4.78, 5) is 2.83. The summed E-state index contributed by atoms with van der Waals surface area (Å²) >= 11 is 6.94. The molecule has 0 aromatic heterocycles. The Labute approximate surface area is 117 Å². The third-order valence-electron chi connectivity index (χ3n) is 3.26. The van der Waals surface area contributed by atoms with Crippen LogP contribution in [0.25, 0.3) is 10.4 Å². The molecule has 0 amide bonds. The van der Waals surface area contributed by atoms with Gasteiger partial charge in [0, 0.05) is 13.9 Å². The lowest BCUT2D eigenvalue weighted by atomic mass is 9.84. The van der Waals surface area contributed by atoms with Gasteiger partial charge in [0.2, 0.25) is 0 Å². The van der Waals surface area contributed by atoms with Crippen molar-refractivity contribution in [3.05, 3.63) is 37.1 Å². The number of benzene rings is 1. The molecule has 90 valence electrons. The molecule has 1 fully saturated rings. The molecule has 0 bridgehead atoms. The fourth-order valence-corrected chi connectivity index (χ4v) is 3.78. The molecule has 0 atom stereocenters. The number of hydrogen-bond acceptors (Lipinski definition) is 1. The molecule has 1 aromatic carbocycles. The normalized spacial score (nSPS) is 16.6. The van der Waals surface area contributed by atoms with Gasteiger partial charge in [-0.1, -0.05) is 56.2 Å². The summed E-state index contributed by atoms with van der Waals surface area (Å²) in [6.07, 6.45) is 6.52. The highest BCUT2D eigenvalue weighted by Gasteiger charge is 2.17. The van der Waals surface area contributed by atoms with E-state index in [0.29, 0.717) is 11.6 Å². The molecule has 1 aromatic rings. The summed E-state index contributed by atoms with van der Waals surface area (Å²) in [6, 6.07) is 4.18. The highest BCUT2D eigenvalue weighted by Crippen LogP contribution is 2.40. The maximum absolute atomic E-state index is 8.50. The van der Waals surface area contributed by atoms with Crippen molar-refractivity contribution in [1.29, 1.82) is 0 Å². The van der Waals surface area contributed by atoms with Crippen LogP contribution in [0.2, 0.25) is 0 Å². The van der Waals surface area contributed by atoms with Gasteiger partial charge in [0.1, 0.15) is 0 Å². The van der Waals surface area contributed by atoms with Crippen LogP contribution < -0.4 is 0 Å². The summed E-state index contributed by atoms with van der Waals surface area (Å²) in [6.45, 7) is 0. The van der Waals surface area contributed by atoms with Crippen molar-refractivity contribution in [2.75, 3.05) is 0 Å². The number of azide groups is 1. The molecule has 0 aliphatic heterocycles. The molecule has 17 heavy (non-hydrogen) atoms. The van der Waals surface area contributed by atoms with Crippen LogP contribution in [0, 0.1) is 0 Å². The van der Waals surface area contributed by atoms with Crippen LogP contribution in [0.4, 0.5) is 5.69 Å². The van der Waals surface area contributed by atoms with E-state index < -0.39 is 0 Å². The molecule has 5 heteroatoms. The summed E-state index contributed by atoms with van der Waals surface area (Å²) in [5.74, 6) is 0.650. The fourth-order valence-electron chi connectivity index (χ4n) is 2.40. The van der Waals surface area contributed by atoms with E-state index >= 15 is 0 Å². The molecular formula is C12H13Br2N3. The standard InChI is InChI=1S/C12H13Br2N3/c13-10-6-9(8-4-2-1-3-5-8)7-11(14)12(10)16-17-15/h6-8H,1-5H2. The minimum atomic E-state index is 0.632. The summed E-state index contributed by atoms with van der Waals surface area (Å²) in [7, 11) is 0. The van der Waals surface area contributed by atoms with Crippen molar-refractivity contribution >= 4 is 37.5 Å². The predicted octanol–water partition coefficient (Wildman–Crippen LogP) is 6.20. The van der Waals surface area contributed by atoms with Crippen molar-refractivity contribution in [3.8, 4) is 0 Å². The van der Waals surface area contributed by atoms with E-state index in [-0.39, 0.29) is 0 Å². The number of halogens is 2. The highest BCUT2D eigenvalue weighted by molar-refractivity contribution is 9.11. The van der Waals surface area contributed by atoms with Crippen LogP contribution in [0.15, 0.2) is 26.2 Å². The van der Waals surface area contributed by atoms with Crippen LogP contribution >= 0.6 is 31.9 Å². The molecule has 3 nitrogen and oxygen atoms in total. The Balaban J connectivity index is 2.33. The molecule has 0 saturated heterocycles. The molecule has 1 aliphatic rings. The summed E-state index contributed by atoms with van der Waals surface area (Å²) in [5, 5.41) is 3.68. The first-order chi connectivity index (χ1) is 8.22. The molecule has 0 N–H and O–H groups in total. The van der Waals surface area contributed by atoms with E-state index in [9.17, 15) is 0 Å². The average molecular weight is 359 g/mol. The molecule has 1 saturated carbocycles. The maximum atomic E-state index is 8.50. The second-order valence-corrected chi connectivity index (χ2v) is 6.07. The van der Waals surface area contributed by atoms with Gasteiger partial charge in [0.15, 0.2) is 0 Å². The Bertz CT molecular complexity index is 438. The Hall–Kier alpha value is -0.510. The molecule has 0 radical (unpaired) electrons. The first-order valence-corrected chi connectivity index (χ1v) is 7.35. The lowest BCUT2D eigenvalue weighted by molar-refractivity contribution is 0.443. The molecule has 0 spiro atoms. The van der Waals surface area contributed by atoms with E-state index in [2.05, 4.69) is 54.0 Å². The van der Waals surface area contributed by atoms with Gasteiger partial charge < -0.3 is 0 Å². The van der Waals surface area contributed by atoms with Gasteiger partial charge in [-0.2, -0.15) is 0 Å². The van der Waals surface area contributed by atoms with Crippen molar-refractivity contribution in [2.24, 2.45) is 5.11 Å². The van der Waals surface area contributed by atoms with Gasteiger partial charge in [-0.25, -0.2) is 0 Å². The Morgan fingerprint density at radius 3 is 2.24 bits per heavy atom. The Kier molecular flexibility index (Phi) is 4.48. The van der Waals surface area contributed by atoms with E-state index in [1.54, 1.807) is 0 Å². The Morgan fingerprint density at radius 2 is 1.71 bits per heavy atom. The third kappa shape index (κ3) is 3.03. The second kappa shape index (κ2) is 5.89.